The van der Waals surface area contributed by atoms with Crippen LogP contribution in [0.3, 0.4) is 0 Å². The van der Waals surface area contributed by atoms with E-state index < -0.39 is 134 Å². The third kappa shape index (κ3) is 7.92. The molecule has 7 fully saturated rings. The summed E-state index contributed by atoms with van der Waals surface area (Å²) in [6.07, 6.45) is -18.9. The van der Waals surface area contributed by atoms with Crippen molar-refractivity contribution >= 4 is 5.97 Å². The summed E-state index contributed by atoms with van der Waals surface area (Å²) in [7, 11) is 0. The average Bonchev–Trinajstić information content (AvgIpc) is 3.29. The zero-order valence-electron chi connectivity index (χ0n) is 39.8. The minimum absolute atomic E-state index is 0.0112. The third-order valence-electron chi connectivity index (χ3n) is 19.7. The lowest BCUT2D eigenvalue weighted by Crippen LogP contribution is -2.68. The molecule has 27 atom stereocenters. The standard InChI is InChI=1S/C48H78O19/c1-20-10-13-48(15-14-46(6)23(29(48)21(20)2)8-9-28-44(4)16-24(51)39(60)45(5,19-50)27(44)11-12-47(28,46)7)43(61)67-42-36(58)33(55)31(53)26(65-42)18-62-40-37(59)34(56)38(25(17-49)64-40)66-41-35(57)32(54)30(52)22(3)63-41/h8,20-22,24-42,49-60H,9-19H2,1-7H3/t20-,21+,22-,24-,25-,26+,27-,28-,29+,30-,31+,32+,33-,34-,35-,36-,37-,38-,39-,40-,41+,42+,44+,45+,46-,47-,48+/m1/s1. The molecule has 0 unspecified atom stereocenters. The topological polar surface area (TPSA) is 315 Å². The molecule has 3 heterocycles. The fourth-order valence-corrected chi connectivity index (χ4v) is 15.2. The van der Waals surface area contributed by atoms with Crippen molar-refractivity contribution in [3.8, 4) is 0 Å². The van der Waals surface area contributed by atoms with Crippen LogP contribution in [0.4, 0.5) is 0 Å². The number of esters is 1. The molecule has 4 saturated carbocycles. The molecule has 0 aromatic rings. The Morgan fingerprint density at radius 1 is 0.701 bits per heavy atom. The van der Waals surface area contributed by atoms with E-state index in [0.29, 0.717) is 32.1 Å². The molecule has 3 saturated heterocycles. The van der Waals surface area contributed by atoms with Gasteiger partial charge in [-0.1, -0.05) is 53.2 Å². The van der Waals surface area contributed by atoms with Crippen molar-refractivity contribution in [1.82, 2.24) is 0 Å². The van der Waals surface area contributed by atoms with Crippen LogP contribution in [0.2, 0.25) is 0 Å². The molecule has 67 heavy (non-hydrogen) atoms. The van der Waals surface area contributed by atoms with Crippen LogP contribution in [0.1, 0.15) is 99.8 Å². The van der Waals surface area contributed by atoms with E-state index in [1.165, 1.54) is 12.5 Å². The molecule has 0 spiro atoms. The van der Waals surface area contributed by atoms with Gasteiger partial charge in [0.1, 0.15) is 67.1 Å². The Labute approximate surface area is 392 Å². The average molecular weight is 959 g/mol. The van der Waals surface area contributed by atoms with Crippen LogP contribution in [0.15, 0.2) is 11.6 Å². The van der Waals surface area contributed by atoms with Gasteiger partial charge >= 0.3 is 5.97 Å². The molecule has 384 valence electrons. The van der Waals surface area contributed by atoms with E-state index in [4.69, 9.17) is 28.4 Å². The van der Waals surface area contributed by atoms with Crippen molar-refractivity contribution in [2.75, 3.05) is 19.8 Å². The predicted octanol–water partition coefficient (Wildman–Crippen LogP) is -1.03. The van der Waals surface area contributed by atoms with Gasteiger partial charge in [0.05, 0.1) is 43.5 Å². The maximum atomic E-state index is 15.0. The zero-order chi connectivity index (χ0) is 49.1. The largest absolute Gasteiger partial charge is 0.432 e. The second-order valence-corrected chi connectivity index (χ2v) is 22.9. The first kappa shape index (κ1) is 51.9. The monoisotopic (exact) mass is 959 g/mol. The molecule has 3 aliphatic heterocycles. The van der Waals surface area contributed by atoms with Gasteiger partial charge in [-0.15, -0.1) is 0 Å². The van der Waals surface area contributed by atoms with Gasteiger partial charge in [0, 0.05) is 5.41 Å². The van der Waals surface area contributed by atoms with E-state index in [2.05, 4.69) is 40.7 Å². The highest BCUT2D eigenvalue weighted by Crippen LogP contribution is 2.76. The summed E-state index contributed by atoms with van der Waals surface area (Å²) in [6, 6.07) is 0. The number of carbonyl (C=O) groups is 1. The second-order valence-electron chi connectivity index (χ2n) is 22.9. The maximum absolute atomic E-state index is 15.0. The zero-order valence-corrected chi connectivity index (χ0v) is 39.8. The lowest BCUT2D eigenvalue weighted by atomic mass is 9.33. The molecule has 0 aromatic carbocycles. The van der Waals surface area contributed by atoms with E-state index in [9.17, 15) is 61.3 Å². The summed E-state index contributed by atoms with van der Waals surface area (Å²) in [5, 5.41) is 130. The van der Waals surface area contributed by atoms with Gasteiger partial charge in [-0.2, -0.15) is 0 Å². The summed E-state index contributed by atoms with van der Waals surface area (Å²) in [6.45, 7) is 13.0. The van der Waals surface area contributed by atoms with Crippen molar-refractivity contribution in [3.05, 3.63) is 11.6 Å². The van der Waals surface area contributed by atoms with Gasteiger partial charge < -0.3 is 89.7 Å². The van der Waals surface area contributed by atoms with Gasteiger partial charge in [0.15, 0.2) is 12.6 Å². The number of carbonyl (C=O) groups excluding carboxylic acids is 1. The Balaban J connectivity index is 0.985. The minimum Gasteiger partial charge on any atom is -0.432 e. The Kier molecular flexibility index (Phi) is 14.4. The van der Waals surface area contributed by atoms with Crippen LogP contribution in [-0.4, -0.2) is 191 Å². The lowest BCUT2D eigenvalue weighted by molar-refractivity contribution is -0.361. The highest BCUT2D eigenvalue weighted by Gasteiger charge is 2.71. The second kappa shape index (κ2) is 18.5. The number of fused-ring (bicyclic) bond motifs is 7. The molecule has 8 aliphatic rings. The van der Waals surface area contributed by atoms with Crippen molar-refractivity contribution in [1.29, 1.82) is 0 Å². The van der Waals surface area contributed by atoms with Crippen molar-refractivity contribution in [2.24, 2.45) is 56.7 Å². The quantitative estimate of drug-likeness (QED) is 0.0971. The molecule has 0 radical (unpaired) electrons. The number of allylic oxidation sites excluding steroid dienone is 2. The van der Waals surface area contributed by atoms with Crippen LogP contribution in [-0.2, 0) is 33.2 Å². The number of rotatable bonds is 9. The van der Waals surface area contributed by atoms with Gasteiger partial charge in [0.25, 0.3) is 0 Å². The summed E-state index contributed by atoms with van der Waals surface area (Å²) >= 11 is 0. The summed E-state index contributed by atoms with van der Waals surface area (Å²) < 4.78 is 34.7. The van der Waals surface area contributed by atoms with E-state index in [0.717, 1.165) is 19.3 Å². The van der Waals surface area contributed by atoms with Gasteiger partial charge in [-0.25, -0.2) is 0 Å². The van der Waals surface area contributed by atoms with E-state index >= 15 is 4.79 Å². The fourth-order valence-electron chi connectivity index (χ4n) is 15.2. The number of hydrogen-bond acceptors (Lipinski definition) is 19. The summed E-state index contributed by atoms with van der Waals surface area (Å²) in [5.41, 5.74) is -1.64. The SMILES string of the molecule is C[C@H]1[C@H](C)CC[C@]2(C(=O)O[C@@H]3O[C@@H](CO[C@@H]4O[C@H](CO)[C@@H](O[C@@H]5O[C@H](C)[C@@H](O)[C@H](O)[C@H]5O)[C@H](O)[C@H]4O)[C@H](O)[C@@H](O)[C@H]3O)CC[C@]3(C)C(=CC[C@@H]4[C@@]5(C)C[C@@H](O)[C@@H](O)[C@@](C)(CO)[C@@H]5CC[C@]43C)[C@H]12. The lowest BCUT2D eigenvalue weighted by Gasteiger charge is -2.71. The van der Waals surface area contributed by atoms with E-state index in [1.54, 1.807) is 0 Å². The van der Waals surface area contributed by atoms with Gasteiger partial charge in [-0.3, -0.25) is 4.79 Å². The van der Waals surface area contributed by atoms with Crippen molar-refractivity contribution in [2.45, 2.75) is 204 Å². The number of aliphatic hydroxyl groups excluding tert-OH is 12. The molecule has 19 nitrogen and oxygen atoms in total. The van der Waals surface area contributed by atoms with E-state index in [1.807, 2.05) is 6.92 Å². The number of hydrogen-bond donors (Lipinski definition) is 12. The molecule has 0 aromatic heterocycles. The maximum Gasteiger partial charge on any atom is 0.315 e. The Bertz CT molecular complexity index is 1820. The third-order valence-corrected chi connectivity index (χ3v) is 19.7. The van der Waals surface area contributed by atoms with Crippen LogP contribution in [0.5, 0.6) is 0 Å². The smallest absolute Gasteiger partial charge is 0.315 e. The first-order chi connectivity index (χ1) is 31.4. The Hall–Kier alpha value is -1.47. The molecule has 19 heteroatoms. The number of ether oxygens (including phenoxy) is 6. The highest BCUT2D eigenvalue weighted by atomic mass is 16.8. The predicted molar refractivity (Wildman–Crippen MR) is 231 cm³/mol. The Morgan fingerprint density at radius 3 is 2.01 bits per heavy atom. The summed E-state index contributed by atoms with van der Waals surface area (Å²) in [4.78, 5) is 15.0. The Morgan fingerprint density at radius 2 is 1.34 bits per heavy atom. The molecule has 8 rings (SSSR count). The van der Waals surface area contributed by atoms with Crippen LogP contribution >= 0.6 is 0 Å². The van der Waals surface area contributed by atoms with Crippen LogP contribution in [0, 0.1) is 56.7 Å². The van der Waals surface area contributed by atoms with E-state index in [-0.39, 0.29) is 52.4 Å². The normalized spacial score (nSPS) is 56.7. The summed E-state index contributed by atoms with van der Waals surface area (Å²) in [5.74, 6) is -0.386. The van der Waals surface area contributed by atoms with Crippen LogP contribution in [0.25, 0.3) is 0 Å². The first-order valence-corrected chi connectivity index (χ1v) is 24.5. The molecule has 12 N–H and O–H groups in total. The number of aliphatic hydroxyl groups is 12. The van der Waals surface area contributed by atoms with Gasteiger partial charge in [0.2, 0.25) is 6.29 Å². The molecular formula is C48H78O19. The van der Waals surface area contributed by atoms with Gasteiger partial charge in [-0.05, 0) is 104 Å². The highest BCUT2D eigenvalue weighted by molar-refractivity contribution is 5.79. The molecule has 0 bridgehead atoms. The molecule has 0 amide bonds. The van der Waals surface area contributed by atoms with Crippen LogP contribution < -0.4 is 0 Å². The first-order valence-electron chi connectivity index (χ1n) is 24.5. The van der Waals surface area contributed by atoms with Crippen molar-refractivity contribution in [3.63, 3.8) is 0 Å². The molecule has 5 aliphatic carbocycles. The molecular weight excluding hydrogens is 881 g/mol. The minimum atomic E-state index is -1.86. The fraction of sp³-hybridized carbons (Fsp3) is 0.938. The van der Waals surface area contributed by atoms with Crippen molar-refractivity contribution < 1.29 is 94.5 Å².